The van der Waals surface area contributed by atoms with Gasteiger partial charge in [-0.25, -0.2) is 0 Å². The van der Waals surface area contributed by atoms with E-state index in [1.807, 2.05) is 7.85 Å². The summed E-state index contributed by atoms with van der Waals surface area (Å²) in [5.41, 5.74) is 5.38. The highest BCUT2D eigenvalue weighted by atomic mass is 16.5. The monoisotopic (exact) mass is 173 g/mol. The lowest BCUT2D eigenvalue weighted by molar-refractivity contribution is 0.0232. The summed E-state index contributed by atoms with van der Waals surface area (Å²) in [7, 11) is 1.81. The van der Waals surface area contributed by atoms with Gasteiger partial charge in [0.05, 0.1) is 24.8 Å². The van der Waals surface area contributed by atoms with Crippen LogP contribution in [0.5, 0.6) is 0 Å². The Morgan fingerprint density at radius 2 is 2.17 bits per heavy atom. The third-order valence-electron chi connectivity index (χ3n) is 2.47. The van der Waals surface area contributed by atoms with Gasteiger partial charge >= 0.3 is 0 Å². The fourth-order valence-corrected chi connectivity index (χ4v) is 1.75. The van der Waals surface area contributed by atoms with Crippen molar-refractivity contribution >= 4 is 7.85 Å². The van der Waals surface area contributed by atoms with Gasteiger partial charge in [-0.1, -0.05) is 0 Å². The van der Waals surface area contributed by atoms with Gasteiger partial charge in [-0.05, 0) is 13.0 Å². The zero-order valence-corrected chi connectivity index (χ0v) is 7.31. The van der Waals surface area contributed by atoms with E-state index in [1.54, 1.807) is 0 Å². The predicted octanol–water partition coefficient (Wildman–Crippen LogP) is -2.34. The summed E-state index contributed by atoms with van der Waals surface area (Å²) < 4.78 is 5.33. The highest BCUT2D eigenvalue weighted by molar-refractivity contribution is 6.11. The predicted molar refractivity (Wildman–Crippen MR) is 47.5 cm³/mol. The van der Waals surface area contributed by atoms with Gasteiger partial charge in [0.1, 0.15) is 7.85 Å². The molecule has 0 aromatic rings. The summed E-state index contributed by atoms with van der Waals surface area (Å²) in [6.07, 6.45) is -0.0132. The lowest BCUT2D eigenvalue weighted by Gasteiger charge is -2.17. The maximum absolute atomic E-state index is 9.60. The molecule has 12 heavy (non-hydrogen) atoms. The minimum atomic E-state index is -0.481. The molecule has 4 nitrogen and oxygen atoms in total. The van der Waals surface area contributed by atoms with E-state index in [1.165, 1.54) is 0 Å². The van der Waals surface area contributed by atoms with E-state index in [0.717, 1.165) is 0 Å². The van der Waals surface area contributed by atoms with Crippen LogP contribution in [-0.4, -0.2) is 49.4 Å². The van der Waals surface area contributed by atoms with Crippen LogP contribution in [-0.2, 0) is 4.74 Å². The number of aliphatic hydroxyl groups is 2. The Morgan fingerprint density at radius 3 is 2.67 bits per heavy atom. The van der Waals surface area contributed by atoms with Crippen molar-refractivity contribution in [2.45, 2.75) is 24.6 Å². The smallest absolute Gasteiger partial charge is 0.142 e. The largest absolute Gasteiger partial charge is 0.394 e. The Morgan fingerprint density at radius 1 is 1.50 bits per heavy atom. The second-order valence-corrected chi connectivity index (χ2v) is 3.29. The van der Waals surface area contributed by atoms with E-state index in [-0.39, 0.29) is 24.6 Å². The summed E-state index contributed by atoms with van der Waals surface area (Å²) in [5.74, 6) is -0.00463. The van der Waals surface area contributed by atoms with Crippen LogP contribution in [0.3, 0.4) is 0 Å². The quantitative estimate of drug-likeness (QED) is 0.418. The second-order valence-electron chi connectivity index (χ2n) is 3.29. The molecular formula is C7H16BNO3. The summed E-state index contributed by atoms with van der Waals surface area (Å²) in [6, 6.07) is -0.182. The summed E-state index contributed by atoms with van der Waals surface area (Å²) in [6.45, 7) is 0.486. The van der Waals surface area contributed by atoms with Crippen LogP contribution in [0.2, 0.25) is 0 Å². The van der Waals surface area contributed by atoms with E-state index in [4.69, 9.17) is 15.6 Å². The molecule has 1 heterocycles. The Kier molecular flexibility index (Phi) is 3.52. The first-order chi connectivity index (χ1) is 5.70. The first-order valence-electron chi connectivity index (χ1n) is 4.35. The van der Waals surface area contributed by atoms with Gasteiger partial charge in [0.15, 0.2) is 0 Å². The van der Waals surface area contributed by atoms with Crippen LogP contribution in [0.25, 0.3) is 0 Å². The first kappa shape index (κ1) is 9.99. The Labute approximate surface area is 73.1 Å². The van der Waals surface area contributed by atoms with Crippen molar-refractivity contribution in [1.29, 1.82) is 0 Å². The summed E-state index contributed by atoms with van der Waals surface area (Å²) >= 11 is 0. The normalized spacial score (nSPS) is 41.9. The van der Waals surface area contributed by atoms with Gasteiger partial charge in [-0.15, -0.1) is 0 Å². The number of hydrogen-bond acceptors (Lipinski definition) is 4. The molecule has 4 unspecified atom stereocenters. The van der Waals surface area contributed by atoms with Crippen molar-refractivity contribution in [2.24, 2.45) is 11.7 Å². The molecule has 0 saturated carbocycles. The molecule has 0 aromatic heterocycles. The average molecular weight is 173 g/mol. The topological polar surface area (TPSA) is 75.7 Å². The van der Waals surface area contributed by atoms with Crippen LogP contribution in [0, 0.1) is 5.92 Å². The highest BCUT2D eigenvalue weighted by Gasteiger charge is 2.39. The Hall–Kier alpha value is -0.0951. The molecule has 0 aliphatic carbocycles. The van der Waals surface area contributed by atoms with E-state index in [9.17, 15) is 5.11 Å². The van der Waals surface area contributed by atoms with Crippen LogP contribution >= 0.6 is 0 Å². The average Bonchev–Trinajstić information content (AvgIpc) is 2.33. The lowest BCUT2D eigenvalue weighted by Crippen LogP contribution is -2.30. The molecule has 1 aliphatic heterocycles. The van der Waals surface area contributed by atoms with E-state index < -0.39 is 6.10 Å². The fraction of sp³-hybridized carbons (Fsp3) is 1.00. The van der Waals surface area contributed by atoms with E-state index in [0.29, 0.717) is 13.0 Å². The molecule has 1 rings (SSSR count). The number of ether oxygens (including phenoxy) is 1. The van der Waals surface area contributed by atoms with Crippen molar-refractivity contribution < 1.29 is 14.9 Å². The molecule has 1 saturated heterocycles. The van der Waals surface area contributed by atoms with Crippen LogP contribution in [0.4, 0.5) is 0 Å². The van der Waals surface area contributed by atoms with Gasteiger partial charge in [0.2, 0.25) is 0 Å². The van der Waals surface area contributed by atoms with Crippen molar-refractivity contribution in [3.8, 4) is 0 Å². The lowest BCUT2D eigenvalue weighted by atomic mass is 9.86. The molecule has 0 radical (unpaired) electrons. The molecule has 5 heteroatoms. The molecule has 0 spiro atoms. The SMILES string of the molecule is BC1OC(CO)C(CCN)C1O. The molecule has 0 amide bonds. The van der Waals surface area contributed by atoms with Crippen LogP contribution in [0.1, 0.15) is 6.42 Å². The third-order valence-corrected chi connectivity index (χ3v) is 2.47. The van der Waals surface area contributed by atoms with E-state index in [2.05, 4.69) is 0 Å². The zero-order valence-electron chi connectivity index (χ0n) is 7.31. The molecule has 1 aliphatic rings. The minimum Gasteiger partial charge on any atom is -0.394 e. The maximum Gasteiger partial charge on any atom is 0.142 e. The van der Waals surface area contributed by atoms with Crippen molar-refractivity contribution in [3.63, 3.8) is 0 Å². The molecule has 4 N–H and O–H groups in total. The fourth-order valence-electron chi connectivity index (χ4n) is 1.75. The zero-order chi connectivity index (χ0) is 9.14. The molecular weight excluding hydrogens is 157 g/mol. The van der Waals surface area contributed by atoms with Gasteiger partial charge < -0.3 is 20.7 Å². The second kappa shape index (κ2) is 4.23. The number of rotatable bonds is 3. The van der Waals surface area contributed by atoms with E-state index >= 15 is 0 Å². The molecule has 70 valence electrons. The molecule has 4 atom stereocenters. The highest BCUT2D eigenvalue weighted by Crippen LogP contribution is 2.27. The number of hydrogen-bond donors (Lipinski definition) is 3. The van der Waals surface area contributed by atoms with Crippen LogP contribution in [0.15, 0.2) is 0 Å². The Balaban J connectivity index is 2.53. The molecule has 0 aromatic carbocycles. The summed E-state index contributed by atoms with van der Waals surface area (Å²) in [4.78, 5) is 0. The van der Waals surface area contributed by atoms with Crippen molar-refractivity contribution in [3.05, 3.63) is 0 Å². The Bertz CT molecular complexity index is 147. The minimum absolute atomic E-state index is 0.00463. The van der Waals surface area contributed by atoms with Crippen molar-refractivity contribution in [1.82, 2.24) is 0 Å². The summed E-state index contributed by atoms with van der Waals surface area (Å²) in [5, 5.41) is 18.5. The standard InChI is InChI=1S/C7H16BNO3/c8-7-6(11)4(1-2-9)5(3-10)12-7/h4-7,10-11H,1-3,8-9H2. The van der Waals surface area contributed by atoms with Crippen LogP contribution < -0.4 is 5.73 Å². The van der Waals surface area contributed by atoms with Gasteiger partial charge in [0, 0.05) is 5.92 Å². The molecule has 1 fully saturated rings. The third kappa shape index (κ3) is 1.80. The number of nitrogens with two attached hydrogens (primary N) is 1. The van der Waals surface area contributed by atoms with Gasteiger partial charge in [-0.3, -0.25) is 0 Å². The van der Waals surface area contributed by atoms with Gasteiger partial charge in [0.25, 0.3) is 0 Å². The van der Waals surface area contributed by atoms with Gasteiger partial charge in [-0.2, -0.15) is 0 Å². The molecule has 0 bridgehead atoms. The number of aliphatic hydroxyl groups excluding tert-OH is 2. The van der Waals surface area contributed by atoms with Crippen molar-refractivity contribution in [2.75, 3.05) is 13.2 Å². The maximum atomic E-state index is 9.60. The first-order valence-corrected chi connectivity index (χ1v) is 4.35.